The van der Waals surface area contributed by atoms with Crippen molar-refractivity contribution in [1.82, 2.24) is 4.40 Å². The van der Waals surface area contributed by atoms with E-state index < -0.39 is 0 Å². The summed E-state index contributed by atoms with van der Waals surface area (Å²) in [7, 11) is 0. The van der Waals surface area contributed by atoms with Gasteiger partial charge in [-0.3, -0.25) is 0 Å². The summed E-state index contributed by atoms with van der Waals surface area (Å²) in [5.41, 5.74) is 14.0. The summed E-state index contributed by atoms with van der Waals surface area (Å²) in [6.45, 7) is 0. The third-order valence-corrected chi connectivity index (χ3v) is 14.1. The lowest BCUT2D eigenvalue weighted by Crippen LogP contribution is -2.11. The van der Waals surface area contributed by atoms with Gasteiger partial charge in [0.1, 0.15) is 0 Å². The second-order valence-electron chi connectivity index (χ2n) is 16.4. The molecule has 3 heteroatoms. The zero-order valence-corrected chi connectivity index (χ0v) is 35.1. The van der Waals surface area contributed by atoms with Crippen molar-refractivity contribution < 1.29 is 0 Å². The number of rotatable bonds is 6. The molecular formula is C60H38N2S. The van der Waals surface area contributed by atoms with Crippen molar-refractivity contribution >= 4 is 97.4 Å². The molecule has 0 aliphatic carbocycles. The maximum Gasteiger partial charge on any atom is 0.0634 e. The number of benzene rings is 10. The second-order valence-corrected chi connectivity index (χ2v) is 17.5. The Kier molecular flexibility index (Phi) is 8.12. The summed E-state index contributed by atoms with van der Waals surface area (Å²) in [5.74, 6) is 0. The van der Waals surface area contributed by atoms with Crippen molar-refractivity contribution in [2.24, 2.45) is 0 Å². The van der Waals surface area contributed by atoms with Crippen LogP contribution in [0.4, 0.5) is 17.1 Å². The summed E-state index contributed by atoms with van der Waals surface area (Å²) < 4.78 is 5.17. The molecule has 0 spiro atoms. The molecule has 294 valence electrons. The minimum absolute atomic E-state index is 1.09. The minimum Gasteiger partial charge on any atom is -0.310 e. The van der Waals surface area contributed by atoms with Crippen LogP contribution in [-0.2, 0) is 0 Å². The van der Waals surface area contributed by atoms with Gasteiger partial charge in [0, 0.05) is 53.3 Å². The molecule has 0 amide bonds. The van der Waals surface area contributed by atoms with Crippen LogP contribution in [0.15, 0.2) is 231 Å². The highest BCUT2D eigenvalue weighted by Crippen LogP contribution is 2.48. The minimum atomic E-state index is 1.09. The smallest absolute Gasteiger partial charge is 0.0634 e. The molecule has 2 nitrogen and oxygen atoms in total. The molecule has 3 aromatic heterocycles. The monoisotopic (exact) mass is 818 g/mol. The highest BCUT2D eigenvalue weighted by atomic mass is 32.1. The molecule has 0 unspecified atom stereocenters. The van der Waals surface area contributed by atoms with Crippen molar-refractivity contribution in [1.29, 1.82) is 0 Å². The van der Waals surface area contributed by atoms with Crippen LogP contribution in [0.2, 0.25) is 0 Å². The van der Waals surface area contributed by atoms with E-state index in [4.69, 9.17) is 0 Å². The summed E-state index contributed by atoms with van der Waals surface area (Å²) >= 11 is 1.89. The van der Waals surface area contributed by atoms with Crippen LogP contribution >= 0.6 is 11.3 Å². The maximum absolute atomic E-state index is 2.56. The number of hydrogen-bond donors (Lipinski definition) is 0. The first-order chi connectivity index (χ1) is 31.3. The lowest BCUT2D eigenvalue weighted by Gasteiger charge is -2.29. The predicted octanol–water partition coefficient (Wildman–Crippen LogP) is 17.4. The van der Waals surface area contributed by atoms with E-state index in [2.05, 4.69) is 240 Å². The van der Waals surface area contributed by atoms with Crippen molar-refractivity contribution in [2.75, 3.05) is 4.90 Å². The van der Waals surface area contributed by atoms with E-state index in [0.29, 0.717) is 0 Å². The number of aromatic nitrogens is 1. The molecule has 0 aliphatic heterocycles. The maximum atomic E-state index is 2.56. The number of fused-ring (bicyclic) bond motifs is 8. The second kappa shape index (κ2) is 14.3. The zero-order chi connectivity index (χ0) is 41.4. The lowest BCUT2D eigenvalue weighted by atomic mass is 9.96. The molecule has 13 aromatic rings. The SMILES string of the molecule is c1ccc(-c2ccc(N(c3ccc4c(c3)c3ccc5sc6cccc7c8ccccc8c8ccccc8n4c3c5c67)c3ccc(-c4ccccc4)cc3-c3ccccc3)cc2)cc1. The molecule has 13 rings (SSSR count). The molecule has 0 saturated carbocycles. The van der Waals surface area contributed by atoms with E-state index in [-0.39, 0.29) is 0 Å². The van der Waals surface area contributed by atoms with Crippen LogP contribution < -0.4 is 4.90 Å². The molecule has 0 aliphatic rings. The van der Waals surface area contributed by atoms with Crippen LogP contribution in [0.5, 0.6) is 0 Å². The Bertz CT molecular complexity index is 3870. The van der Waals surface area contributed by atoms with Gasteiger partial charge >= 0.3 is 0 Å². The lowest BCUT2D eigenvalue weighted by molar-refractivity contribution is 1.28. The van der Waals surface area contributed by atoms with Crippen molar-refractivity contribution in [3.05, 3.63) is 231 Å². The highest BCUT2D eigenvalue weighted by molar-refractivity contribution is 7.26. The van der Waals surface area contributed by atoms with Crippen molar-refractivity contribution in [3.8, 4) is 33.4 Å². The van der Waals surface area contributed by atoms with Gasteiger partial charge in [0.2, 0.25) is 0 Å². The average Bonchev–Trinajstić information content (AvgIpc) is 3.92. The zero-order valence-electron chi connectivity index (χ0n) is 34.2. The van der Waals surface area contributed by atoms with E-state index in [1.165, 1.54) is 102 Å². The molecule has 0 N–H and O–H groups in total. The van der Waals surface area contributed by atoms with Gasteiger partial charge < -0.3 is 9.30 Å². The number of anilines is 3. The highest BCUT2D eigenvalue weighted by Gasteiger charge is 2.23. The van der Waals surface area contributed by atoms with Gasteiger partial charge in [-0.1, -0.05) is 170 Å². The predicted molar refractivity (Wildman–Crippen MR) is 271 cm³/mol. The third kappa shape index (κ3) is 5.64. The summed E-state index contributed by atoms with van der Waals surface area (Å²) in [4.78, 5) is 2.46. The summed E-state index contributed by atoms with van der Waals surface area (Å²) in [6, 6.07) is 84.8. The molecule has 63 heavy (non-hydrogen) atoms. The van der Waals surface area contributed by atoms with E-state index in [0.717, 1.165) is 17.1 Å². The van der Waals surface area contributed by atoms with Gasteiger partial charge in [-0.25, -0.2) is 0 Å². The van der Waals surface area contributed by atoms with Crippen molar-refractivity contribution in [3.63, 3.8) is 0 Å². The largest absolute Gasteiger partial charge is 0.310 e. The summed E-state index contributed by atoms with van der Waals surface area (Å²) in [6.07, 6.45) is 0. The van der Waals surface area contributed by atoms with Crippen LogP contribution in [0, 0.1) is 0 Å². The number of hydrogen-bond acceptors (Lipinski definition) is 2. The molecule has 0 radical (unpaired) electrons. The van der Waals surface area contributed by atoms with Gasteiger partial charge in [-0.15, -0.1) is 11.3 Å². The molecule has 0 bridgehead atoms. The fraction of sp³-hybridized carbons (Fsp3) is 0. The average molecular weight is 819 g/mol. The van der Waals surface area contributed by atoms with Crippen molar-refractivity contribution in [2.45, 2.75) is 0 Å². The normalized spacial score (nSPS) is 11.8. The van der Waals surface area contributed by atoms with Crippen LogP contribution in [-0.4, -0.2) is 4.40 Å². The molecule has 0 atom stereocenters. The number of thiophene rings is 1. The van der Waals surface area contributed by atoms with Crippen LogP contribution in [0.1, 0.15) is 0 Å². The van der Waals surface area contributed by atoms with Gasteiger partial charge in [-0.05, 0) is 105 Å². The van der Waals surface area contributed by atoms with Crippen LogP contribution in [0.3, 0.4) is 0 Å². The van der Waals surface area contributed by atoms with Gasteiger partial charge in [0.25, 0.3) is 0 Å². The first kappa shape index (κ1) is 35.7. The van der Waals surface area contributed by atoms with Gasteiger partial charge in [0.15, 0.2) is 0 Å². The number of nitrogens with zero attached hydrogens (tertiary/aromatic N) is 2. The molecule has 10 aromatic carbocycles. The first-order valence-electron chi connectivity index (χ1n) is 21.6. The quantitative estimate of drug-likeness (QED) is 0.162. The van der Waals surface area contributed by atoms with E-state index in [1.54, 1.807) is 0 Å². The molecule has 3 heterocycles. The summed E-state index contributed by atoms with van der Waals surface area (Å²) in [5, 5.41) is 10.2. The molecule has 0 saturated heterocycles. The Morgan fingerprint density at radius 3 is 1.62 bits per heavy atom. The van der Waals surface area contributed by atoms with E-state index in [9.17, 15) is 0 Å². The van der Waals surface area contributed by atoms with E-state index in [1.807, 2.05) is 11.3 Å². The molecular weight excluding hydrogens is 781 g/mol. The Labute approximate surface area is 368 Å². The van der Waals surface area contributed by atoms with E-state index >= 15 is 0 Å². The Morgan fingerprint density at radius 1 is 0.317 bits per heavy atom. The topological polar surface area (TPSA) is 7.65 Å². The Morgan fingerprint density at radius 2 is 0.873 bits per heavy atom. The standard InChI is InChI=1S/C60H38N2S/c1-4-15-39(16-5-1)41-27-30-44(31-28-41)61(54-34-29-43(40-17-6-2-7-18-40)37-51(54)42-19-8-3-9-20-42)45-32-35-55-52(38-45)50-33-36-57-59-58-49(24-14-26-56(58)63-57)47-22-11-10-21-46(47)48-23-12-13-25-53(48)62(55)60(50)59/h1-38H. The van der Waals surface area contributed by atoms with Gasteiger partial charge in [-0.2, -0.15) is 0 Å². The Balaban J connectivity index is 1.13. The third-order valence-electron chi connectivity index (χ3n) is 12.9. The van der Waals surface area contributed by atoms with Gasteiger partial charge in [0.05, 0.1) is 22.2 Å². The molecule has 0 fully saturated rings. The fourth-order valence-corrected chi connectivity index (χ4v) is 11.2. The Hall–Kier alpha value is -7.98. The van der Waals surface area contributed by atoms with Crippen LogP contribution in [0.25, 0.3) is 102 Å². The fourth-order valence-electron chi connectivity index (χ4n) is 10.1. The first-order valence-corrected chi connectivity index (χ1v) is 22.4. The number of para-hydroxylation sites is 1.